The van der Waals surface area contributed by atoms with Crippen LogP contribution in [0.2, 0.25) is 0 Å². The van der Waals surface area contributed by atoms with Gasteiger partial charge in [-0.3, -0.25) is 10.1 Å². The van der Waals surface area contributed by atoms with E-state index in [1.54, 1.807) is 37.6 Å². The average molecular weight is 506 g/mol. The highest BCUT2D eigenvalue weighted by Crippen LogP contribution is 2.40. The summed E-state index contributed by atoms with van der Waals surface area (Å²) < 4.78 is 5.60. The number of nitro groups is 1. The number of nitro benzene ring substituents is 1. The van der Waals surface area contributed by atoms with Crippen LogP contribution >= 0.6 is 0 Å². The van der Waals surface area contributed by atoms with Gasteiger partial charge in [-0.25, -0.2) is 15.0 Å². The molecule has 3 heterocycles. The zero-order valence-corrected chi connectivity index (χ0v) is 21.4. The van der Waals surface area contributed by atoms with Gasteiger partial charge in [0, 0.05) is 68.0 Å². The summed E-state index contributed by atoms with van der Waals surface area (Å²) in [5.41, 5.74) is 2.83. The fourth-order valence-corrected chi connectivity index (χ4v) is 4.49. The molecule has 1 aliphatic heterocycles. The second-order valence-corrected chi connectivity index (χ2v) is 8.93. The highest BCUT2D eigenvalue weighted by atomic mass is 16.6. The molecule has 0 unspecified atom stereocenters. The molecule has 0 radical (unpaired) electrons. The zero-order valence-electron chi connectivity index (χ0n) is 21.4. The number of anilines is 4. The second kappa shape index (κ2) is 11.2. The van der Waals surface area contributed by atoms with E-state index >= 15 is 0 Å². The first-order valence-corrected chi connectivity index (χ1v) is 11.9. The first-order chi connectivity index (χ1) is 17.8. The van der Waals surface area contributed by atoms with E-state index in [9.17, 15) is 10.1 Å². The molecule has 0 aliphatic carbocycles. The van der Waals surface area contributed by atoms with Gasteiger partial charge in [0.25, 0.3) is 5.69 Å². The summed E-state index contributed by atoms with van der Waals surface area (Å²) >= 11 is 0. The van der Waals surface area contributed by atoms with Gasteiger partial charge in [0.05, 0.1) is 23.4 Å². The number of piperidine rings is 1. The lowest BCUT2D eigenvalue weighted by molar-refractivity contribution is -0.384. The number of rotatable bonds is 9. The van der Waals surface area contributed by atoms with Crippen molar-refractivity contribution in [2.24, 2.45) is 0 Å². The van der Waals surface area contributed by atoms with Gasteiger partial charge in [-0.2, -0.15) is 0 Å². The summed E-state index contributed by atoms with van der Waals surface area (Å²) in [6.07, 6.45) is 6.32. The molecule has 3 N–H and O–H groups in total. The molecule has 0 atom stereocenters. The Balaban J connectivity index is 1.64. The van der Waals surface area contributed by atoms with E-state index in [1.807, 2.05) is 4.90 Å². The minimum Gasteiger partial charge on any atom is -0.494 e. The van der Waals surface area contributed by atoms with Gasteiger partial charge in [-0.1, -0.05) is 0 Å². The fourth-order valence-electron chi connectivity index (χ4n) is 4.49. The number of benzene rings is 1. The van der Waals surface area contributed by atoms with E-state index in [-0.39, 0.29) is 16.6 Å². The predicted octanol–water partition coefficient (Wildman–Crippen LogP) is 3.77. The van der Waals surface area contributed by atoms with Gasteiger partial charge in [-0.05, 0) is 39.1 Å². The normalized spacial score (nSPS) is 13.9. The molecule has 3 aromatic rings. The Labute approximate surface area is 215 Å². The van der Waals surface area contributed by atoms with Crippen molar-refractivity contribution in [1.29, 1.82) is 5.41 Å². The molecule has 12 nitrogen and oxygen atoms in total. The molecule has 0 saturated carbocycles. The van der Waals surface area contributed by atoms with Crippen LogP contribution in [0.15, 0.2) is 36.7 Å². The molecule has 12 heteroatoms. The van der Waals surface area contributed by atoms with Crippen LogP contribution in [0.3, 0.4) is 0 Å². The SMILES string of the molecule is CNc1ncc(-c2ccnc(Nc3cc([N+](=O)[O-])c(N4CCC(N(C)C)CC4)cc3OC)n2)cc1C=N. The zero-order chi connectivity index (χ0) is 26.5. The van der Waals surface area contributed by atoms with E-state index in [2.05, 4.69) is 44.6 Å². The Hall–Kier alpha value is -4.32. The van der Waals surface area contributed by atoms with Crippen LogP contribution in [0.5, 0.6) is 5.75 Å². The van der Waals surface area contributed by atoms with Crippen LogP contribution in [-0.2, 0) is 0 Å². The lowest BCUT2D eigenvalue weighted by atomic mass is 10.0. The average Bonchev–Trinajstić information content (AvgIpc) is 2.92. The third-order valence-corrected chi connectivity index (χ3v) is 6.54. The largest absolute Gasteiger partial charge is 0.494 e. The minimum atomic E-state index is -0.372. The van der Waals surface area contributed by atoms with Crippen molar-refractivity contribution in [3.8, 4) is 17.0 Å². The van der Waals surface area contributed by atoms with Crippen molar-refractivity contribution < 1.29 is 9.66 Å². The Bertz CT molecular complexity index is 1290. The van der Waals surface area contributed by atoms with Crippen LogP contribution < -0.4 is 20.3 Å². The summed E-state index contributed by atoms with van der Waals surface area (Å²) in [5.74, 6) is 1.29. The molecule has 1 fully saturated rings. The molecule has 0 amide bonds. The van der Waals surface area contributed by atoms with Crippen molar-refractivity contribution in [3.63, 3.8) is 0 Å². The van der Waals surface area contributed by atoms with Crippen molar-refractivity contribution in [1.82, 2.24) is 19.9 Å². The first kappa shape index (κ1) is 25.8. The van der Waals surface area contributed by atoms with Crippen molar-refractivity contribution in [3.05, 3.63) is 52.3 Å². The van der Waals surface area contributed by atoms with E-state index < -0.39 is 0 Å². The molecule has 1 saturated heterocycles. The topological polar surface area (TPSA) is 145 Å². The maximum absolute atomic E-state index is 12.0. The number of methoxy groups -OCH3 is 1. The van der Waals surface area contributed by atoms with Crippen LogP contribution in [0.1, 0.15) is 18.4 Å². The Morgan fingerprint density at radius 1 is 1.24 bits per heavy atom. The van der Waals surface area contributed by atoms with Gasteiger partial charge in [0.2, 0.25) is 5.95 Å². The smallest absolute Gasteiger partial charge is 0.294 e. The number of nitrogens with zero attached hydrogens (tertiary/aromatic N) is 6. The molecule has 194 valence electrons. The lowest BCUT2D eigenvalue weighted by Crippen LogP contribution is -2.42. The molecule has 4 rings (SSSR count). The summed E-state index contributed by atoms with van der Waals surface area (Å²) in [6.45, 7) is 1.45. The van der Waals surface area contributed by atoms with Gasteiger partial charge in [0.15, 0.2) is 0 Å². The van der Waals surface area contributed by atoms with Crippen molar-refractivity contribution >= 4 is 35.0 Å². The molecular weight excluding hydrogens is 474 g/mol. The number of aromatic nitrogens is 3. The summed E-state index contributed by atoms with van der Waals surface area (Å²) in [6, 6.07) is 7.17. The van der Waals surface area contributed by atoms with E-state index in [0.29, 0.717) is 45.8 Å². The van der Waals surface area contributed by atoms with Crippen LogP contribution in [0, 0.1) is 15.5 Å². The third-order valence-electron chi connectivity index (χ3n) is 6.54. The van der Waals surface area contributed by atoms with E-state index in [0.717, 1.165) is 25.9 Å². The quantitative estimate of drug-likeness (QED) is 0.223. The lowest BCUT2D eigenvalue weighted by Gasteiger charge is -2.36. The first-order valence-electron chi connectivity index (χ1n) is 11.9. The van der Waals surface area contributed by atoms with Crippen LogP contribution in [0.4, 0.5) is 28.8 Å². The van der Waals surface area contributed by atoms with Gasteiger partial charge in [-0.15, -0.1) is 0 Å². The van der Waals surface area contributed by atoms with Gasteiger partial charge < -0.3 is 30.6 Å². The molecule has 0 spiro atoms. The standard InChI is InChI=1S/C25H31N9O3/c1-27-24-16(14-26)11-17(15-29-24)19-5-8-28-25(30-19)31-20-12-22(34(35)36)21(13-23(20)37-4)33-9-6-18(7-10-33)32(2)3/h5,8,11-15,18,26H,6-7,9-10H2,1-4H3,(H,27,29)(H,28,30,31). The summed E-state index contributed by atoms with van der Waals surface area (Å²) in [7, 11) is 7.39. The van der Waals surface area contributed by atoms with Crippen molar-refractivity contribution in [2.45, 2.75) is 18.9 Å². The van der Waals surface area contributed by atoms with Gasteiger partial charge >= 0.3 is 0 Å². The number of hydrogen-bond donors (Lipinski definition) is 3. The molecular formula is C25H31N9O3. The Morgan fingerprint density at radius 3 is 2.62 bits per heavy atom. The maximum Gasteiger partial charge on any atom is 0.294 e. The highest BCUT2D eigenvalue weighted by molar-refractivity contribution is 5.86. The predicted molar refractivity (Wildman–Crippen MR) is 145 cm³/mol. The summed E-state index contributed by atoms with van der Waals surface area (Å²) in [5, 5.41) is 25.7. The molecule has 1 aromatic carbocycles. The number of hydrogen-bond acceptors (Lipinski definition) is 11. The summed E-state index contributed by atoms with van der Waals surface area (Å²) in [4.78, 5) is 29.1. The van der Waals surface area contributed by atoms with Crippen LogP contribution in [-0.4, -0.2) is 78.4 Å². The second-order valence-electron chi connectivity index (χ2n) is 8.93. The van der Waals surface area contributed by atoms with Crippen molar-refractivity contribution in [2.75, 3.05) is 56.9 Å². The maximum atomic E-state index is 12.0. The monoisotopic (exact) mass is 505 g/mol. The molecule has 2 aromatic heterocycles. The third kappa shape index (κ3) is 5.59. The molecule has 37 heavy (non-hydrogen) atoms. The Kier molecular flexibility index (Phi) is 7.77. The number of ether oxygens (including phenoxy) is 1. The number of pyridine rings is 1. The molecule has 1 aliphatic rings. The van der Waals surface area contributed by atoms with E-state index in [4.69, 9.17) is 10.1 Å². The Morgan fingerprint density at radius 2 is 2.00 bits per heavy atom. The number of nitrogens with one attached hydrogen (secondary N) is 3. The minimum absolute atomic E-state index is 0.00904. The molecule has 0 bridgehead atoms. The highest BCUT2D eigenvalue weighted by Gasteiger charge is 2.28. The van der Waals surface area contributed by atoms with Crippen LogP contribution in [0.25, 0.3) is 11.3 Å². The van der Waals surface area contributed by atoms with Gasteiger partial charge in [0.1, 0.15) is 17.3 Å². The van der Waals surface area contributed by atoms with E-state index in [1.165, 1.54) is 19.4 Å². The fraction of sp³-hybridized carbons (Fsp3) is 0.360.